The van der Waals surface area contributed by atoms with E-state index in [9.17, 15) is 4.39 Å². The summed E-state index contributed by atoms with van der Waals surface area (Å²) in [6.07, 6.45) is 3.33. The highest BCUT2D eigenvalue weighted by molar-refractivity contribution is 6.31. The Bertz CT molecular complexity index is 573. The molecule has 2 nitrogen and oxygen atoms in total. The Kier molecular flexibility index (Phi) is 3.36. The second-order valence-electron chi connectivity index (χ2n) is 3.49. The van der Waals surface area contributed by atoms with Crippen molar-refractivity contribution in [1.82, 2.24) is 4.98 Å². The second-order valence-corrected chi connectivity index (χ2v) is 3.90. The molecule has 0 spiro atoms. The number of benzene rings is 1. The molecule has 0 saturated heterocycles. The third-order valence-corrected chi connectivity index (χ3v) is 2.74. The Morgan fingerprint density at radius 2 is 1.94 bits per heavy atom. The van der Waals surface area contributed by atoms with Crippen LogP contribution in [0.5, 0.6) is 0 Å². The quantitative estimate of drug-likeness (QED) is 0.812. The van der Waals surface area contributed by atoms with Crippen LogP contribution in [-0.4, -0.2) is 4.98 Å². The van der Waals surface area contributed by atoms with Crippen LogP contribution < -0.4 is 0 Å². The molecule has 84 valence electrons. The maximum atomic E-state index is 12.8. The number of hydrogen-bond acceptors (Lipinski definition) is 2. The van der Waals surface area contributed by atoms with E-state index in [4.69, 9.17) is 16.9 Å². The zero-order valence-electron chi connectivity index (χ0n) is 8.82. The molecule has 0 aliphatic carbocycles. The van der Waals surface area contributed by atoms with Gasteiger partial charge in [-0.1, -0.05) is 23.7 Å². The first-order valence-electron chi connectivity index (χ1n) is 4.97. The summed E-state index contributed by atoms with van der Waals surface area (Å²) in [5.74, 6) is -0.300. The Hall–Kier alpha value is -1.92. The van der Waals surface area contributed by atoms with Crippen LogP contribution >= 0.6 is 11.6 Å². The lowest BCUT2D eigenvalue weighted by Crippen LogP contribution is -1.92. The summed E-state index contributed by atoms with van der Waals surface area (Å²) < 4.78 is 12.8. The number of rotatable bonds is 2. The second kappa shape index (κ2) is 4.94. The van der Waals surface area contributed by atoms with Gasteiger partial charge >= 0.3 is 0 Å². The first-order valence-corrected chi connectivity index (χ1v) is 5.35. The van der Waals surface area contributed by atoms with E-state index in [0.29, 0.717) is 5.02 Å². The molecule has 0 fully saturated rings. The Labute approximate surface area is 103 Å². The highest BCUT2D eigenvalue weighted by Gasteiger charge is 2.09. The molecule has 1 aromatic heterocycles. The predicted octanol–water partition coefficient (Wildman–Crippen LogP) is 3.61. The average molecular weight is 247 g/mol. The number of hydrogen-bond donors (Lipinski definition) is 0. The van der Waals surface area contributed by atoms with Crippen molar-refractivity contribution in [2.24, 2.45) is 0 Å². The van der Waals surface area contributed by atoms with Gasteiger partial charge < -0.3 is 0 Å². The summed E-state index contributed by atoms with van der Waals surface area (Å²) in [6.45, 7) is 0. The third kappa shape index (κ3) is 2.43. The summed E-state index contributed by atoms with van der Waals surface area (Å²) in [6, 6.07) is 8.08. The molecule has 1 heterocycles. The molecule has 17 heavy (non-hydrogen) atoms. The standard InChI is InChI=1S/C13H8ClFN2/c14-13-8-17-7-12(11(13)5-6-16)9-1-3-10(15)4-2-9/h1-4,7-8H,5H2. The largest absolute Gasteiger partial charge is 0.263 e. The van der Waals surface area contributed by atoms with E-state index in [2.05, 4.69) is 11.1 Å². The van der Waals surface area contributed by atoms with E-state index in [1.165, 1.54) is 18.3 Å². The summed E-state index contributed by atoms with van der Waals surface area (Å²) in [4.78, 5) is 3.99. The van der Waals surface area contributed by atoms with Gasteiger partial charge in [-0.2, -0.15) is 5.26 Å². The molecule has 0 bridgehead atoms. The Morgan fingerprint density at radius 1 is 1.24 bits per heavy atom. The van der Waals surface area contributed by atoms with Crippen molar-refractivity contribution in [1.29, 1.82) is 5.26 Å². The van der Waals surface area contributed by atoms with Crippen LogP contribution in [0.25, 0.3) is 11.1 Å². The van der Waals surface area contributed by atoms with Crippen molar-refractivity contribution >= 4 is 11.6 Å². The highest BCUT2D eigenvalue weighted by atomic mass is 35.5. The fourth-order valence-corrected chi connectivity index (χ4v) is 1.82. The minimum absolute atomic E-state index is 0.202. The van der Waals surface area contributed by atoms with E-state index >= 15 is 0 Å². The van der Waals surface area contributed by atoms with Gasteiger partial charge in [0.15, 0.2) is 0 Å². The lowest BCUT2D eigenvalue weighted by Gasteiger charge is -2.08. The van der Waals surface area contributed by atoms with E-state index < -0.39 is 0 Å². The number of pyridine rings is 1. The van der Waals surface area contributed by atoms with Crippen LogP contribution in [-0.2, 0) is 6.42 Å². The maximum Gasteiger partial charge on any atom is 0.123 e. The molecular formula is C13H8ClFN2. The molecule has 0 amide bonds. The van der Waals surface area contributed by atoms with E-state index in [1.807, 2.05) is 0 Å². The van der Waals surface area contributed by atoms with Crippen molar-refractivity contribution < 1.29 is 4.39 Å². The van der Waals surface area contributed by atoms with Crippen LogP contribution in [0.3, 0.4) is 0 Å². The molecule has 0 unspecified atom stereocenters. The van der Waals surface area contributed by atoms with Crippen molar-refractivity contribution in [3.8, 4) is 17.2 Å². The average Bonchev–Trinajstić information content (AvgIpc) is 2.33. The van der Waals surface area contributed by atoms with E-state index in [-0.39, 0.29) is 12.2 Å². The predicted molar refractivity (Wildman–Crippen MR) is 64.0 cm³/mol. The zero-order valence-corrected chi connectivity index (χ0v) is 9.58. The topological polar surface area (TPSA) is 36.7 Å². The number of halogens is 2. The summed E-state index contributed by atoms with van der Waals surface area (Å²) in [5.41, 5.74) is 2.28. The van der Waals surface area contributed by atoms with Crippen LogP contribution in [0.1, 0.15) is 5.56 Å². The zero-order chi connectivity index (χ0) is 12.3. The monoisotopic (exact) mass is 246 g/mol. The summed E-state index contributed by atoms with van der Waals surface area (Å²) in [7, 11) is 0. The van der Waals surface area contributed by atoms with E-state index in [1.54, 1.807) is 18.3 Å². The summed E-state index contributed by atoms with van der Waals surface area (Å²) in [5, 5.41) is 9.22. The van der Waals surface area contributed by atoms with Gasteiger partial charge in [-0.05, 0) is 23.3 Å². The molecule has 2 aromatic rings. The van der Waals surface area contributed by atoms with Crippen molar-refractivity contribution in [3.05, 3.63) is 53.1 Å². The molecule has 0 saturated carbocycles. The van der Waals surface area contributed by atoms with Crippen LogP contribution in [0.4, 0.5) is 4.39 Å². The van der Waals surface area contributed by atoms with Gasteiger partial charge in [-0.15, -0.1) is 0 Å². The maximum absolute atomic E-state index is 12.8. The fourth-order valence-electron chi connectivity index (χ4n) is 1.60. The number of aromatic nitrogens is 1. The van der Waals surface area contributed by atoms with E-state index in [0.717, 1.165) is 16.7 Å². The van der Waals surface area contributed by atoms with Crippen molar-refractivity contribution in [2.75, 3.05) is 0 Å². The molecule has 0 radical (unpaired) electrons. The minimum atomic E-state index is -0.300. The molecule has 1 aromatic carbocycles. The van der Waals surface area contributed by atoms with Crippen LogP contribution in [0.15, 0.2) is 36.7 Å². The normalized spacial score (nSPS) is 9.94. The smallest absolute Gasteiger partial charge is 0.123 e. The molecule has 0 N–H and O–H groups in total. The first kappa shape index (κ1) is 11.6. The third-order valence-electron chi connectivity index (χ3n) is 2.42. The van der Waals surface area contributed by atoms with Gasteiger partial charge in [0, 0.05) is 18.0 Å². The van der Waals surface area contributed by atoms with Crippen molar-refractivity contribution in [2.45, 2.75) is 6.42 Å². The van der Waals surface area contributed by atoms with Gasteiger partial charge in [-0.3, -0.25) is 4.98 Å². The molecule has 0 aliphatic rings. The van der Waals surface area contributed by atoms with Crippen molar-refractivity contribution in [3.63, 3.8) is 0 Å². The Morgan fingerprint density at radius 3 is 2.59 bits per heavy atom. The van der Waals surface area contributed by atoms with Gasteiger partial charge in [0.05, 0.1) is 17.5 Å². The van der Waals surface area contributed by atoms with Gasteiger partial charge in [0.1, 0.15) is 5.82 Å². The molecule has 4 heteroatoms. The van der Waals surface area contributed by atoms with Crippen LogP contribution in [0.2, 0.25) is 5.02 Å². The fraction of sp³-hybridized carbons (Fsp3) is 0.0769. The van der Waals surface area contributed by atoms with Gasteiger partial charge in [-0.25, -0.2) is 4.39 Å². The SMILES string of the molecule is N#CCc1c(Cl)cncc1-c1ccc(F)cc1. The molecular weight excluding hydrogens is 239 g/mol. The lowest BCUT2D eigenvalue weighted by molar-refractivity contribution is 0.628. The minimum Gasteiger partial charge on any atom is -0.263 e. The van der Waals surface area contributed by atoms with Gasteiger partial charge in [0.2, 0.25) is 0 Å². The van der Waals surface area contributed by atoms with Crippen LogP contribution in [0, 0.1) is 17.1 Å². The number of nitriles is 1. The molecule has 0 atom stereocenters. The van der Waals surface area contributed by atoms with Gasteiger partial charge in [0.25, 0.3) is 0 Å². The highest BCUT2D eigenvalue weighted by Crippen LogP contribution is 2.28. The molecule has 2 rings (SSSR count). The number of nitrogens with zero attached hydrogens (tertiary/aromatic N) is 2. The first-order chi connectivity index (χ1) is 8.22. The molecule has 0 aliphatic heterocycles. The summed E-state index contributed by atoms with van der Waals surface area (Å²) >= 11 is 6.00. The Balaban J connectivity index is 2.55. The lowest BCUT2D eigenvalue weighted by atomic mass is 10.0.